The van der Waals surface area contributed by atoms with Gasteiger partial charge in [-0.05, 0) is 56.0 Å². The molecule has 10 heteroatoms. The van der Waals surface area contributed by atoms with E-state index in [1.807, 2.05) is 18.7 Å². The number of nitrogens with zero attached hydrogens (tertiary/aromatic N) is 4. The van der Waals surface area contributed by atoms with Gasteiger partial charge in [-0.15, -0.1) is 0 Å². The van der Waals surface area contributed by atoms with Gasteiger partial charge in [-0.1, -0.05) is 25.1 Å². The predicted molar refractivity (Wildman–Crippen MR) is 133 cm³/mol. The highest BCUT2D eigenvalue weighted by molar-refractivity contribution is 7.91. The highest BCUT2D eigenvalue weighted by atomic mass is 32.2. The van der Waals surface area contributed by atoms with Gasteiger partial charge in [-0.25, -0.2) is 18.4 Å². The largest absolute Gasteiger partial charge is 0.473 e. The Kier molecular flexibility index (Phi) is 6.69. The van der Waals surface area contributed by atoms with Crippen molar-refractivity contribution >= 4 is 21.6 Å². The first-order chi connectivity index (χ1) is 17.0. The zero-order valence-electron chi connectivity index (χ0n) is 20.3. The van der Waals surface area contributed by atoms with E-state index in [9.17, 15) is 13.2 Å². The number of benzene rings is 1. The third-order valence-electron chi connectivity index (χ3n) is 6.17. The van der Waals surface area contributed by atoms with Crippen LogP contribution in [0, 0.1) is 17.2 Å². The average molecular weight is 506 g/mol. The Balaban J connectivity index is 1.70. The fourth-order valence-corrected chi connectivity index (χ4v) is 6.07. The Morgan fingerprint density at radius 2 is 2.00 bits per heavy atom. The Bertz CT molecular complexity index is 1460. The third kappa shape index (κ3) is 4.88. The van der Waals surface area contributed by atoms with Crippen molar-refractivity contribution < 1.29 is 17.9 Å². The van der Waals surface area contributed by atoms with Crippen molar-refractivity contribution in [3.8, 4) is 11.9 Å². The van der Waals surface area contributed by atoms with Gasteiger partial charge in [0.15, 0.2) is 5.03 Å². The summed E-state index contributed by atoms with van der Waals surface area (Å²) in [5.74, 6) is -0.200. The molecule has 1 atom stereocenters. The van der Waals surface area contributed by atoms with E-state index in [0.717, 1.165) is 12.0 Å². The molecule has 1 fully saturated rings. The van der Waals surface area contributed by atoms with Gasteiger partial charge in [0, 0.05) is 24.3 Å². The van der Waals surface area contributed by atoms with Crippen LogP contribution in [-0.4, -0.2) is 36.4 Å². The monoisotopic (exact) mass is 505 g/mol. The minimum absolute atomic E-state index is 0.0860. The number of carbonyl (C=O) groups excluding carboxylic acids is 1. The number of primary amides is 1. The number of anilines is 1. The third-order valence-corrected chi connectivity index (χ3v) is 7.87. The molecule has 0 spiro atoms. The van der Waals surface area contributed by atoms with Crippen molar-refractivity contribution in [2.75, 3.05) is 11.4 Å². The number of nitriles is 1. The van der Waals surface area contributed by atoms with Gasteiger partial charge in [-0.2, -0.15) is 5.26 Å². The number of amides is 1. The van der Waals surface area contributed by atoms with Crippen molar-refractivity contribution in [1.29, 1.82) is 5.26 Å². The number of sulfone groups is 1. The lowest BCUT2D eigenvalue weighted by Crippen LogP contribution is -2.40. The van der Waals surface area contributed by atoms with Gasteiger partial charge >= 0.3 is 0 Å². The summed E-state index contributed by atoms with van der Waals surface area (Å²) in [4.78, 5) is 22.8. The molecule has 1 aromatic carbocycles. The quantitative estimate of drug-likeness (QED) is 0.515. The molecule has 36 heavy (non-hydrogen) atoms. The molecule has 9 nitrogen and oxygen atoms in total. The second kappa shape index (κ2) is 9.59. The SMILES string of the molecule is CC1CN(c2nccc(S(=O)(=O)c3cccc(OCc4cccc(C#N)c4)n3)c2C(N)=O)C(C)(C)C1. The molecule has 186 valence electrons. The summed E-state index contributed by atoms with van der Waals surface area (Å²) in [6.45, 7) is 6.87. The van der Waals surface area contributed by atoms with Crippen molar-refractivity contribution in [2.45, 2.75) is 49.3 Å². The molecule has 1 saturated heterocycles. The summed E-state index contributed by atoms with van der Waals surface area (Å²) in [6.07, 6.45) is 2.23. The molecule has 1 aliphatic rings. The molecule has 4 rings (SSSR count). The minimum Gasteiger partial charge on any atom is -0.473 e. The van der Waals surface area contributed by atoms with Gasteiger partial charge in [-0.3, -0.25) is 4.79 Å². The van der Waals surface area contributed by atoms with Crippen LogP contribution in [0.1, 0.15) is 48.7 Å². The molecule has 3 heterocycles. The van der Waals surface area contributed by atoms with E-state index < -0.39 is 15.7 Å². The predicted octanol–water partition coefficient (Wildman–Crippen LogP) is 3.48. The summed E-state index contributed by atoms with van der Waals surface area (Å²) in [5, 5.41) is 8.78. The van der Waals surface area contributed by atoms with E-state index in [2.05, 4.69) is 23.0 Å². The van der Waals surface area contributed by atoms with Crippen LogP contribution < -0.4 is 15.4 Å². The van der Waals surface area contributed by atoms with Gasteiger partial charge in [0.2, 0.25) is 15.7 Å². The first kappa shape index (κ1) is 25.1. The molecule has 0 bridgehead atoms. The van der Waals surface area contributed by atoms with E-state index in [4.69, 9.17) is 15.7 Å². The second-order valence-electron chi connectivity index (χ2n) is 9.52. The summed E-state index contributed by atoms with van der Waals surface area (Å²) < 4.78 is 33.0. The van der Waals surface area contributed by atoms with E-state index in [0.29, 0.717) is 18.0 Å². The number of hydrogen-bond donors (Lipinski definition) is 1. The number of ether oxygens (including phenoxy) is 1. The van der Waals surface area contributed by atoms with Crippen LogP contribution in [0.5, 0.6) is 5.88 Å². The van der Waals surface area contributed by atoms with Crippen molar-refractivity contribution in [2.24, 2.45) is 11.7 Å². The number of aromatic nitrogens is 2. The molecular formula is C26H27N5O4S. The van der Waals surface area contributed by atoms with Gasteiger partial charge < -0.3 is 15.4 Å². The second-order valence-corrected chi connectivity index (χ2v) is 11.4. The minimum atomic E-state index is -4.24. The van der Waals surface area contributed by atoms with E-state index >= 15 is 0 Å². The lowest BCUT2D eigenvalue weighted by molar-refractivity contribution is 0.0997. The molecular weight excluding hydrogens is 478 g/mol. The molecule has 2 aromatic heterocycles. The lowest BCUT2D eigenvalue weighted by atomic mass is 9.97. The molecule has 3 aromatic rings. The lowest BCUT2D eigenvalue weighted by Gasteiger charge is -2.33. The smallest absolute Gasteiger partial charge is 0.253 e. The van der Waals surface area contributed by atoms with E-state index in [1.165, 1.54) is 30.5 Å². The van der Waals surface area contributed by atoms with Gasteiger partial charge in [0.1, 0.15) is 18.0 Å². The molecule has 1 amide bonds. The zero-order chi connectivity index (χ0) is 26.1. The Hall–Kier alpha value is -3.97. The van der Waals surface area contributed by atoms with E-state index in [1.54, 1.807) is 24.3 Å². The Labute approximate surface area is 210 Å². The van der Waals surface area contributed by atoms with Crippen LogP contribution in [0.15, 0.2) is 64.6 Å². The topological polar surface area (TPSA) is 139 Å². The molecule has 1 unspecified atom stereocenters. The number of nitrogens with two attached hydrogens (primary N) is 1. The van der Waals surface area contributed by atoms with E-state index in [-0.39, 0.29) is 39.3 Å². The van der Waals surface area contributed by atoms with Crippen molar-refractivity contribution in [3.63, 3.8) is 0 Å². The summed E-state index contributed by atoms with van der Waals surface area (Å²) in [5.41, 5.74) is 6.46. The van der Waals surface area contributed by atoms with Crippen LogP contribution in [0.3, 0.4) is 0 Å². The summed E-state index contributed by atoms with van der Waals surface area (Å²) in [6, 6.07) is 14.6. The number of carbonyl (C=O) groups is 1. The standard InChI is InChI=1S/C26H27N5O4S/c1-17-13-26(2,3)31(15-17)25-23(24(28)32)20(10-11-29-25)36(33,34)22-9-5-8-21(30-22)35-16-19-7-4-6-18(12-19)14-27/h4-12,17H,13,15-16H2,1-3H3,(H2,28,32). The maximum atomic E-state index is 13.7. The normalized spacial score (nSPS) is 16.9. The number of hydrogen-bond acceptors (Lipinski definition) is 8. The van der Waals surface area contributed by atoms with Crippen LogP contribution in [0.4, 0.5) is 5.82 Å². The fourth-order valence-electron chi connectivity index (χ4n) is 4.68. The Morgan fingerprint density at radius 3 is 2.67 bits per heavy atom. The molecule has 0 saturated carbocycles. The van der Waals surface area contributed by atoms with Crippen LogP contribution in [0.2, 0.25) is 0 Å². The molecule has 1 aliphatic heterocycles. The zero-order valence-corrected chi connectivity index (χ0v) is 21.1. The molecule has 0 aliphatic carbocycles. The highest BCUT2D eigenvalue weighted by Crippen LogP contribution is 2.39. The fraction of sp³-hybridized carbons (Fsp3) is 0.308. The number of rotatable bonds is 7. The van der Waals surface area contributed by atoms with Crippen molar-refractivity contribution in [1.82, 2.24) is 9.97 Å². The first-order valence-corrected chi connectivity index (χ1v) is 12.9. The molecule has 2 N–H and O–H groups in total. The average Bonchev–Trinajstić information content (AvgIpc) is 3.13. The van der Waals surface area contributed by atoms with Crippen LogP contribution in [0.25, 0.3) is 0 Å². The summed E-state index contributed by atoms with van der Waals surface area (Å²) >= 11 is 0. The van der Waals surface area contributed by atoms with Crippen molar-refractivity contribution in [3.05, 3.63) is 71.4 Å². The maximum Gasteiger partial charge on any atom is 0.253 e. The van der Waals surface area contributed by atoms with Crippen LogP contribution >= 0.6 is 0 Å². The van der Waals surface area contributed by atoms with Crippen LogP contribution in [-0.2, 0) is 16.4 Å². The summed E-state index contributed by atoms with van der Waals surface area (Å²) in [7, 11) is -4.24. The van der Waals surface area contributed by atoms with Gasteiger partial charge in [0.25, 0.3) is 5.91 Å². The first-order valence-electron chi connectivity index (χ1n) is 11.4. The Morgan fingerprint density at radius 1 is 1.25 bits per heavy atom. The molecule has 0 radical (unpaired) electrons. The maximum absolute atomic E-state index is 13.7. The highest BCUT2D eigenvalue weighted by Gasteiger charge is 2.40. The van der Waals surface area contributed by atoms with Gasteiger partial charge in [0.05, 0.1) is 16.5 Å². The number of pyridine rings is 2.